The average Bonchev–Trinajstić information content (AvgIpc) is 2.97. The molecule has 0 aromatic heterocycles. The number of benzene rings is 2. The second kappa shape index (κ2) is 9.71. The van der Waals surface area contributed by atoms with Gasteiger partial charge in [-0.15, -0.1) is 0 Å². The second-order valence-corrected chi connectivity index (χ2v) is 8.69. The SMILES string of the molecule is O=C(NCCN1CCCCCC1)c1cccc(NS(=O)(=O)c2ccccc2)c1. The van der Waals surface area contributed by atoms with Crippen molar-refractivity contribution in [3.05, 3.63) is 60.2 Å². The van der Waals surface area contributed by atoms with E-state index in [0.717, 1.165) is 19.6 Å². The number of sulfonamides is 1. The number of hydrogen-bond acceptors (Lipinski definition) is 4. The fourth-order valence-electron chi connectivity index (χ4n) is 3.33. The Kier molecular flexibility index (Phi) is 7.06. The van der Waals surface area contributed by atoms with Crippen molar-refractivity contribution in [3.8, 4) is 0 Å². The average molecular weight is 402 g/mol. The van der Waals surface area contributed by atoms with Crippen molar-refractivity contribution in [3.63, 3.8) is 0 Å². The van der Waals surface area contributed by atoms with Crippen LogP contribution >= 0.6 is 0 Å². The lowest BCUT2D eigenvalue weighted by molar-refractivity contribution is 0.0948. The van der Waals surface area contributed by atoms with Gasteiger partial charge in [-0.2, -0.15) is 0 Å². The van der Waals surface area contributed by atoms with Crippen molar-refractivity contribution in [2.45, 2.75) is 30.6 Å². The highest BCUT2D eigenvalue weighted by atomic mass is 32.2. The first-order valence-electron chi connectivity index (χ1n) is 9.73. The van der Waals surface area contributed by atoms with Crippen molar-refractivity contribution in [1.82, 2.24) is 10.2 Å². The predicted molar refractivity (Wildman–Crippen MR) is 111 cm³/mol. The molecule has 28 heavy (non-hydrogen) atoms. The van der Waals surface area contributed by atoms with Gasteiger partial charge in [0.1, 0.15) is 0 Å². The lowest BCUT2D eigenvalue weighted by Gasteiger charge is -2.19. The van der Waals surface area contributed by atoms with Crippen molar-refractivity contribution >= 4 is 21.6 Å². The van der Waals surface area contributed by atoms with E-state index in [1.807, 2.05) is 0 Å². The largest absolute Gasteiger partial charge is 0.351 e. The molecule has 0 unspecified atom stereocenters. The van der Waals surface area contributed by atoms with Gasteiger partial charge >= 0.3 is 0 Å². The maximum absolute atomic E-state index is 12.4. The van der Waals surface area contributed by atoms with Gasteiger partial charge in [0.05, 0.1) is 4.90 Å². The number of nitrogens with one attached hydrogen (secondary N) is 2. The normalized spacial score (nSPS) is 15.6. The highest BCUT2D eigenvalue weighted by molar-refractivity contribution is 7.92. The number of carbonyl (C=O) groups is 1. The molecule has 0 saturated carbocycles. The van der Waals surface area contributed by atoms with Crippen LogP contribution < -0.4 is 10.0 Å². The van der Waals surface area contributed by atoms with Crippen molar-refractivity contribution in [2.24, 2.45) is 0 Å². The summed E-state index contributed by atoms with van der Waals surface area (Å²) < 4.78 is 27.4. The highest BCUT2D eigenvalue weighted by Crippen LogP contribution is 2.17. The van der Waals surface area contributed by atoms with E-state index in [1.165, 1.54) is 37.8 Å². The zero-order valence-electron chi connectivity index (χ0n) is 15.9. The minimum atomic E-state index is -3.68. The van der Waals surface area contributed by atoms with Crippen LogP contribution in [0.2, 0.25) is 0 Å². The number of carbonyl (C=O) groups excluding carboxylic acids is 1. The number of rotatable bonds is 7. The lowest BCUT2D eigenvalue weighted by atomic mass is 10.2. The Bertz CT molecular complexity index is 877. The van der Waals surface area contributed by atoms with E-state index in [-0.39, 0.29) is 10.8 Å². The molecule has 7 heteroatoms. The summed E-state index contributed by atoms with van der Waals surface area (Å²) in [6, 6.07) is 14.7. The summed E-state index contributed by atoms with van der Waals surface area (Å²) in [6.45, 7) is 3.60. The van der Waals surface area contributed by atoms with E-state index in [9.17, 15) is 13.2 Å². The standard InChI is InChI=1S/C21H27N3O3S/c25-21(22-13-16-24-14-6-1-2-7-15-24)18-9-8-10-19(17-18)23-28(26,27)20-11-4-3-5-12-20/h3-5,8-12,17,23H,1-2,6-7,13-16H2,(H,22,25). The summed E-state index contributed by atoms with van der Waals surface area (Å²) in [7, 11) is -3.68. The molecule has 1 fully saturated rings. The van der Waals surface area contributed by atoms with Gasteiger partial charge in [0.2, 0.25) is 0 Å². The molecule has 150 valence electrons. The first kappa shape index (κ1) is 20.4. The predicted octanol–water partition coefficient (Wildman–Crippen LogP) is 3.09. The summed E-state index contributed by atoms with van der Waals surface area (Å²) in [5, 5.41) is 2.93. The fraction of sp³-hybridized carbons (Fsp3) is 0.381. The van der Waals surface area contributed by atoms with Crippen molar-refractivity contribution in [2.75, 3.05) is 30.9 Å². The zero-order valence-corrected chi connectivity index (χ0v) is 16.7. The summed E-state index contributed by atoms with van der Waals surface area (Å²) in [5.41, 5.74) is 0.799. The third-order valence-electron chi connectivity index (χ3n) is 4.84. The molecule has 1 aliphatic rings. The van der Waals surface area contributed by atoms with Crippen LogP contribution in [0.1, 0.15) is 36.0 Å². The molecule has 0 atom stereocenters. The molecule has 6 nitrogen and oxygen atoms in total. The Morgan fingerprint density at radius 2 is 1.64 bits per heavy atom. The topological polar surface area (TPSA) is 78.5 Å². The number of anilines is 1. The molecule has 2 aromatic carbocycles. The fourth-order valence-corrected chi connectivity index (χ4v) is 4.40. The van der Waals surface area contributed by atoms with E-state index in [0.29, 0.717) is 17.8 Å². The Labute approximate surface area is 167 Å². The van der Waals surface area contributed by atoms with Crippen LogP contribution in [0.4, 0.5) is 5.69 Å². The molecular formula is C21H27N3O3S. The van der Waals surface area contributed by atoms with Gasteiger partial charge in [-0.3, -0.25) is 9.52 Å². The number of amides is 1. The Morgan fingerprint density at radius 1 is 0.929 bits per heavy atom. The van der Waals surface area contributed by atoms with E-state index in [1.54, 1.807) is 42.5 Å². The quantitative estimate of drug-likeness (QED) is 0.747. The second-order valence-electron chi connectivity index (χ2n) is 7.01. The van der Waals surface area contributed by atoms with Gasteiger partial charge in [-0.05, 0) is 56.3 Å². The van der Waals surface area contributed by atoms with E-state index in [4.69, 9.17) is 0 Å². The minimum absolute atomic E-state index is 0.183. The van der Waals surface area contributed by atoms with Gasteiger partial charge in [0.25, 0.3) is 15.9 Å². The monoisotopic (exact) mass is 401 g/mol. The van der Waals surface area contributed by atoms with Crippen molar-refractivity contribution in [1.29, 1.82) is 0 Å². The Morgan fingerprint density at radius 3 is 2.36 bits per heavy atom. The van der Waals surface area contributed by atoms with Crippen LogP contribution in [0.25, 0.3) is 0 Å². The first-order chi connectivity index (χ1) is 13.5. The molecule has 0 radical (unpaired) electrons. The first-order valence-corrected chi connectivity index (χ1v) is 11.2. The number of likely N-dealkylation sites (tertiary alicyclic amines) is 1. The van der Waals surface area contributed by atoms with E-state index >= 15 is 0 Å². The summed E-state index contributed by atoms with van der Waals surface area (Å²) in [5.74, 6) is -0.199. The van der Waals surface area contributed by atoms with Gasteiger partial charge < -0.3 is 10.2 Å². The summed E-state index contributed by atoms with van der Waals surface area (Å²) in [4.78, 5) is 15.0. The summed E-state index contributed by atoms with van der Waals surface area (Å²) in [6.07, 6.45) is 5.01. The molecular weight excluding hydrogens is 374 g/mol. The molecule has 0 spiro atoms. The molecule has 0 bridgehead atoms. The van der Waals surface area contributed by atoms with Crippen molar-refractivity contribution < 1.29 is 13.2 Å². The molecule has 2 N–H and O–H groups in total. The van der Waals surface area contributed by atoms with E-state index < -0.39 is 10.0 Å². The van der Waals surface area contributed by atoms with Crippen LogP contribution in [0, 0.1) is 0 Å². The van der Waals surface area contributed by atoms with Crippen LogP contribution in [-0.2, 0) is 10.0 Å². The van der Waals surface area contributed by atoms with Gasteiger partial charge in [-0.25, -0.2) is 8.42 Å². The minimum Gasteiger partial charge on any atom is -0.351 e. The van der Waals surface area contributed by atoms with Gasteiger partial charge in [-0.1, -0.05) is 37.1 Å². The third-order valence-corrected chi connectivity index (χ3v) is 6.24. The Hall–Kier alpha value is -2.38. The van der Waals surface area contributed by atoms with Crippen LogP contribution in [0.15, 0.2) is 59.5 Å². The lowest BCUT2D eigenvalue weighted by Crippen LogP contribution is -2.35. The van der Waals surface area contributed by atoms with Crippen LogP contribution in [-0.4, -0.2) is 45.4 Å². The summed E-state index contributed by atoms with van der Waals surface area (Å²) >= 11 is 0. The smallest absolute Gasteiger partial charge is 0.261 e. The molecule has 0 aliphatic carbocycles. The maximum Gasteiger partial charge on any atom is 0.261 e. The molecule has 1 aliphatic heterocycles. The van der Waals surface area contributed by atoms with Gasteiger partial charge in [0.15, 0.2) is 0 Å². The van der Waals surface area contributed by atoms with Crippen LogP contribution in [0.5, 0.6) is 0 Å². The Balaban J connectivity index is 1.57. The number of hydrogen-bond donors (Lipinski definition) is 2. The maximum atomic E-state index is 12.4. The highest BCUT2D eigenvalue weighted by Gasteiger charge is 2.15. The molecule has 3 rings (SSSR count). The zero-order chi connectivity index (χ0) is 19.8. The molecule has 1 saturated heterocycles. The van der Waals surface area contributed by atoms with Gasteiger partial charge in [0, 0.05) is 24.3 Å². The molecule has 1 amide bonds. The molecule has 1 heterocycles. The third kappa shape index (κ3) is 5.81. The molecule has 2 aromatic rings. The van der Waals surface area contributed by atoms with Crippen LogP contribution in [0.3, 0.4) is 0 Å². The number of nitrogens with zero attached hydrogens (tertiary/aromatic N) is 1. The van der Waals surface area contributed by atoms with E-state index in [2.05, 4.69) is 14.9 Å².